The molecule has 0 atom stereocenters. The Balaban J connectivity index is 1.83. The monoisotopic (exact) mass is 456 g/mol. The number of hydrogen-bond donors (Lipinski definition) is 1. The molecule has 8 nitrogen and oxygen atoms in total. The Hall–Kier alpha value is -3.33. The molecule has 3 aromatic rings. The standard InChI is InChI=1S/C23H28N4O4S/c1-5-27(19-9-7-6-8-10-19)32(29,30)20-11-12-22(31-4)21(16-20)24-23(28)13-14-26-18(3)15-17(2)25-26/h6-12,15-16H,5,13-14H2,1-4H3,(H,24,28). The van der Waals surface area contributed by atoms with Crippen molar-refractivity contribution < 1.29 is 17.9 Å². The summed E-state index contributed by atoms with van der Waals surface area (Å²) in [6.07, 6.45) is 0.188. The van der Waals surface area contributed by atoms with Gasteiger partial charge in [0.2, 0.25) is 5.91 Å². The highest BCUT2D eigenvalue weighted by Crippen LogP contribution is 2.30. The number of para-hydroxylation sites is 1. The molecule has 3 rings (SSSR count). The van der Waals surface area contributed by atoms with Crippen molar-refractivity contribution in [2.24, 2.45) is 0 Å². The summed E-state index contributed by atoms with van der Waals surface area (Å²) in [7, 11) is -2.36. The van der Waals surface area contributed by atoms with E-state index >= 15 is 0 Å². The number of hydrogen-bond acceptors (Lipinski definition) is 5. The summed E-state index contributed by atoms with van der Waals surface area (Å²) >= 11 is 0. The van der Waals surface area contributed by atoms with Gasteiger partial charge >= 0.3 is 0 Å². The Bertz CT molecular complexity index is 1190. The van der Waals surface area contributed by atoms with E-state index in [0.717, 1.165) is 11.4 Å². The van der Waals surface area contributed by atoms with Gasteiger partial charge in [-0.3, -0.25) is 13.8 Å². The molecule has 0 aliphatic heterocycles. The quantitative estimate of drug-likeness (QED) is 0.529. The lowest BCUT2D eigenvalue weighted by molar-refractivity contribution is -0.116. The van der Waals surface area contributed by atoms with Crippen molar-refractivity contribution in [3.05, 3.63) is 66.0 Å². The Morgan fingerprint density at radius 3 is 2.44 bits per heavy atom. The molecule has 0 saturated heterocycles. The second-order valence-corrected chi connectivity index (χ2v) is 9.18. The van der Waals surface area contributed by atoms with E-state index in [-0.39, 0.29) is 23.8 Å². The molecule has 0 saturated carbocycles. The van der Waals surface area contributed by atoms with Gasteiger partial charge in [0.15, 0.2) is 0 Å². The molecule has 0 unspecified atom stereocenters. The van der Waals surface area contributed by atoms with Crippen LogP contribution in [0.3, 0.4) is 0 Å². The molecular weight excluding hydrogens is 428 g/mol. The first-order valence-corrected chi connectivity index (χ1v) is 11.8. The molecule has 32 heavy (non-hydrogen) atoms. The Morgan fingerprint density at radius 1 is 1.12 bits per heavy atom. The smallest absolute Gasteiger partial charge is 0.264 e. The van der Waals surface area contributed by atoms with Crippen LogP contribution in [0, 0.1) is 13.8 Å². The van der Waals surface area contributed by atoms with Gasteiger partial charge in [0.1, 0.15) is 5.75 Å². The molecule has 1 N–H and O–H groups in total. The Kier molecular flexibility index (Phi) is 7.19. The van der Waals surface area contributed by atoms with Crippen molar-refractivity contribution in [3.63, 3.8) is 0 Å². The number of benzene rings is 2. The molecule has 2 aromatic carbocycles. The number of aromatic nitrogens is 2. The van der Waals surface area contributed by atoms with Crippen LogP contribution in [0.2, 0.25) is 0 Å². The Labute approximate surface area is 188 Å². The largest absolute Gasteiger partial charge is 0.495 e. The van der Waals surface area contributed by atoms with Crippen LogP contribution >= 0.6 is 0 Å². The molecule has 0 bridgehead atoms. The van der Waals surface area contributed by atoms with Crippen molar-refractivity contribution in [2.45, 2.75) is 38.6 Å². The maximum absolute atomic E-state index is 13.3. The minimum Gasteiger partial charge on any atom is -0.495 e. The number of carbonyl (C=O) groups excluding carboxylic acids is 1. The first kappa shape index (κ1) is 23.3. The third-order valence-corrected chi connectivity index (χ3v) is 6.92. The number of ether oxygens (including phenoxy) is 1. The number of methoxy groups -OCH3 is 1. The third-order valence-electron chi connectivity index (χ3n) is 5.02. The van der Waals surface area contributed by atoms with Gasteiger partial charge in [0.05, 0.1) is 29.1 Å². The number of rotatable bonds is 9. The number of carbonyl (C=O) groups is 1. The van der Waals surface area contributed by atoms with E-state index in [1.54, 1.807) is 41.9 Å². The molecule has 0 spiro atoms. The summed E-state index contributed by atoms with van der Waals surface area (Å²) in [4.78, 5) is 12.6. The molecule has 1 aromatic heterocycles. The van der Waals surface area contributed by atoms with Gasteiger partial charge in [0, 0.05) is 25.2 Å². The lowest BCUT2D eigenvalue weighted by atomic mass is 10.2. The van der Waals surface area contributed by atoms with Crippen LogP contribution in [-0.2, 0) is 21.4 Å². The molecule has 0 fully saturated rings. The number of sulfonamides is 1. The number of amides is 1. The fourth-order valence-electron chi connectivity index (χ4n) is 3.48. The molecule has 0 radical (unpaired) electrons. The Morgan fingerprint density at radius 2 is 1.84 bits per heavy atom. The van der Waals surface area contributed by atoms with Gasteiger partial charge in [-0.2, -0.15) is 5.10 Å². The molecule has 1 heterocycles. The second kappa shape index (κ2) is 9.86. The minimum atomic E-state index is -3.83. The molecule has 0 aliphatic rings. The molecule has 1 amide bonds. The van der Waals surface area contributed by atoms with E-state index in [1.807, 2.05) is 26.0 Å². The predicted octanol–water partition coefficient (Wildman–Crippen LogP) is 3.75. The van der Waals surface area contributed by atoms with E-state index in [2.05, 4.69) is 10.4 Å². The number of aryl methyl sites for hydroxylation is 3. The van der Waals surface area contributed by atoms with Crippen molar-refractivity contribution in [3.8, 4) is 5.75 Å². The van der Waals surface area contributed by atoms with Crippen LogP contribution in [0.15, 0.2) is 59.5 Å². The summed E-state index contributed by atoms with van der Waals surface area (Å²) in [6.45, 7) is 6.29. The molecule has 9 heteroatoms. The van der Waals surface area contributed by atoms with E-state index in [9.17, 15) is 13.2 Å². The van der Waals surface area contributed by atoms with E-state index in [1.165, 1.54) is 23.5 Å². The average Bonchev–Trinajstić information content (AvgIpc) is 3.10. The molecule has 170 valence electrons. The van der Waals surface area contributed by atoms with Crippen molar-refractivity contribution in [1.29, 1.82) is 0 Å². The number of nitrogens with one attached hydrogen (secondary N) is 1. The van der Waals surface area contributed by atoms with Crippen molar-refractivity contribution in [1.82, 2.24) is 9.78 Å². The lowest BCUT2D eigenvalue weighted by Gasteiger charge is -2.23. The van der Waals surface area contributed by atoms with Gasteiger partial charge in [0.25, 0.3) is 10.0 Å². The predicted molar refractivity (Wildman–Crippen MR) is 125 cm³/mol. The lowest BCUT2D eigenvalue weighted by Crippen LogP contribution is -2.30. The number of nitrogens with zero attached hydrogens (tertiary/aromatic N) is 3. The maximum atomic E-state index is 13.3. The molecule has 0 aliphatic carbocycles. The van der Waals surface area contributed by atoms with Crippen molar-refractivity contribution >= 4 is 27.3 Å². The van der Waals surface area contributed by atoms with Gasteiger partial charge in [-0.1, -0.05) is 18.2 Å². The summed E-state index contributed by atoms with van der Waals surface area (Å²) in [6, 6.07) is 15.3. The van der Waals surface area contributed by atoms with Gasteiger partial charge in [-0.05, 0) is 57.2 Å². The zero-order chi connectivity index (χ0) is 23.3. The van der Waals surface area contributed by atoms with E-state index in [0.29, 0.717) is 23.7 Å². The first-order valence-electron chi connectivity index (χ1n) is 10.3. The van der Waals surface area contributed by atoms with E-state index in [4.69, 9.17) is 4.74 Å². The van der Waals surface area contributed by atoms with Crippen LogP contribution in [0.25, 0.3) is 0 Å². The third kappa shape index (κ3) is 5.11. The van der Waals surface area contributed by atoms with E-state index < -0.39 is 10.0 Å². The summed E-state index contributed by atoms with van der Waals surface area (Å²) in [5, 5.41) is 7.13. The first-order chi connectivity index (χ1) is 15.3. The van der Waals surface area contributed by atoms with Gasteiger partial charge in [-0.15, -0.1) is 0 Å². The zero-order valence-electron chi connectivity index (χ0n) is 18.7. The zero-order valence-corrected chi connectivity index (χ0v) is 19.5. The van der Waals surface area contributed by atoms with Crippen LogP contribution in [-0.4, -0.2) is 37.8 Å². The highest BCUT2D eigenvalue weighted by Gasteiger charge is 2.25. The highest BCUT2D eigenvalue weighted by atomic mass is 32.2. The highest BCUT2D eigenvalue weighted by molar-refractivity contribution is 7.92. The van der Waals surface area contributed by atoms with Crippen LogP contribution < -0.4 is 14.4 Å². The fraction of sp³-hybridized carbons (Fsp3) is 0.304. The number of anilines is 2. The summed E-state index contributed by atoms with van der Waals surface area (Å²) in [5.74, 6) is 0.118. The fourth-order valence-corrected chi connectivity index (χ4v) is 4.98. The minimum absolute atomic E-state index is 0.0675. The normalized spacial score (nSPS) is 11.2. The second-order valence-electron chi connectivity index (χ2n) is 7.32. The summed E-state index contributed by atoms with van der Waals surface area (Å²) < 4.78 is 35.0. The van der Waals surface area contributed by atoms with Crippen LogP contribution in [0.5, 0.6) is 5.75 Å². The van der Waals surface area contributed by atoms with Gasteiger partial charge in [-0.25, -0.2) is 8.42 Å². The average molecular weight is 457 g/mol. The van der Waals surface area contributed by atoms with Gasteiger partial charge < -0.3 is 10.1 Å². The molecular formula is C23H28N4O4S. The van der Waals surface area contributed by atoms with Crippen LogP contribution in [0.1, 0.15) is 24.7 Å². The van der Waals surface area contributed by atoms with Crippen LogP contribution in [0.4, 0.5) is 11.4 Å². The topological polar surface area (TPSA) is 93.5 Å². The maximum Gasteiger partial charge on any atom is 0.264 e. The SMILES string of the molecule is CCN(c1ccccc1)S(=O)(=O)c1ccc(OC)c(NC(=O)CCn2nc(C)cc2C)c1. The summed E-state index contributed by atoms with van der Waals surface area (Å²) in [5.41, 5.74) is 2.74. The van der Waals surface area contributed by atoms with Crippen molar-refractivity contribution in [2.75, 3.05) is 23.3 Å².